The molecule has 3 heteroatoms. The Morgan fingerprint density at radius 1 is 1.47 bits per heavy atom. The van der Waals surface area contributed by atoms with E-state index in [0.29, 0.717) is 5.82 Å². The van der Waals surface area contributed by atoms with Crippen molar-refractivity contribution in [2.75, 3.05) is 0 Å². The predicted octanol–water partition coefficient (Wildman–Crippen LogP) is 3.43. The molecule has 90 valence electrons. The van der Waals surface area contributed by atoms with Crippen molar-refractivity contribution in [3.05, 3.63) is 35.7 Å². The molecule has 0 bridgehead atoms. The van der Waals surface area contributed by atoms with Crippen molar-refractivity contribution in [2.24, 2.45) is 0 Å². The maximum Gasteiger partial charge on any atom is 0.135 e. The molecule has 2 rings (SSSR count). The van der Waals surface area contributed by atoms with Gasteiger partial charge in [0, 0.05) is 0 Å². The number of H-pyrrole nitrogens is 1. The lowest BCUT2D eigenvalue weighted by atomic mass is 10.1. The van der Waals surface area contributed by atoms with Crippen molar-refractivity contribution in [1.29, 1.82) is 0 Å². The Hall–Kier alpha value is -1.61. The predicted molar refractivity (Wildman–Crippen MR) is 70.7 cm³/mol. The summed E-state index contributed by atoms with van der Waals surface area (Å²) < 4.78 is 0. The minimum absolute atomic E-state index is 0.554. The van der Waals surface area contributed by atoms with Crippen LogP contribution < -0.4 is 0 Å². The van der Waals surface area contributed by atoms with Crippen molar-refractivity contribution in [3.63, 3.8) is 0 Å². The van der Waals surface area contributed by atoms with Gasteiger partial charge in [-0.15, -0.1) is 0 Å². The van der Waals surface area contributed by atoms with E-state index in [1.807, 2.05) is 12.1 Å². The maximum atomic E-state index is 9.46. The molecule has 0 aliphatic heterocycles. The molecule has 0 aliphatic carbocycles. The van der Waals surface area contributed by atoms with Crippen molar-refractivity contribution >= 4 is 17.1 Å². The number of hydrogen-bond acceptors (Lipinski definition) is 2. The standard InChI is InChI=1S/C14H18N2O/c1-3-4-5-6-11-7-8-12-13(9-11)16-14(15-12)10(2)17/h5-10,17H,3-4H2,1-2H3,(H,15,16)/b6-5+/t10-/m1/s1. The summed E-state index contributed by atoms with van der Waals surface area (Å²) in [4.78, 5) is 7.45. The number of rotatable bonds is 4. The third kappa shape index (κ3) is 2.74. The summed E-state index contributed by atoms with van der Waals surface area (Å²) in [6.07, 6.45) is 6.00. The first-order chi connectivity index (χ1) is 8.20. The molecule has 0 aliphatic rings. The topological polar surface area (TPSA) is 48.9 Å². The van der Waals surface area contributed by atoms with E-state index in [0.717, 1.165) is 29.4 Å². The number of nitrogens with zero attached hydrogens (tertiary/aromatic N) is 1. The van der Waals surface area contributed by atoms with Crippen LogP contribution in [-0.2, 0) is 0 Å². The van der Waals surface area contributed by atoms with E-state index in [4.69, 9.17) is 0 Å². The van der Waals surface area contributed by atoms with Crippen molar-refractivity contribution in [2.45, 2.75) is 32.8 Å². The zero-order valence-electron chi connectivity index (χ0n) is 10.3. The Labute approximate surface area is 101 Å². The van der Waals surface area contributed by atoms with Gasteiger partial charge in [-0.25, -0.2) is 4.98 Å². The van der Waals surface area contributed by atoms with Crippen LogP contribution in [0.1, 0.15) is 44.2 Å². The molecule has 0 radical (unpaired) electrons. The summed E-state index contributed by atoms with van der Waals surface area (Å²) >= 11 is 0. The summed E-state index contributed by atoms with van der Waals surface area (Å²) in [6, 6.07) is 6.07. The molecule has 0 saturated heterocycles. The smallest absolute Gasteiger partial charge is 0.135 e. The van der Waals surface area contributed by atoms with Gasteiger partial charge in [-0.3, -0.25) is 0 Å². The van der Waals surface area contributed by atoms with E-state index < -0.39 is 6.10 Å². The minimum atomic E-state index is -0.554. The molecule has 0 spiro atoms. The second-order valence-electron chi connectivity index (χ2n) is 4.27. The summed E-state index contributed by atoms with van der Waals surface area (Å²) in [6.45, 7) is 3.87. The molecule has 0 saturated carbocycles. The average Bonchev–Trinajstić information content (AvgIpc) is 2.72. The van der Waals surface area contributed by atoms with Crippen LogP contribution in [0.5, 0.6) is 0 Å². The molecule has 3 nitrogen and oxygen atoms in total. The van der Waals surface area contributed by atoms with Gasteiger partial charge in [-0.2, -0.15) is 0 Å². The van der Waals surface area contributed by atoms with E-state index in [-0.39, 0.29) is 0 Å². The molecule has 1 aromatic heterocycles. The van der Waals surface area contributed by atoms with Gasteiger partial charge < -0.3 is 10.1 Å². The number of hydrogen-bond donors (Lipinski definition) is 2. The molecule has 2 N–H and O–H groups in total. The van der Waals surface area contributed by atoms with Crippen molar-refractivity contribution in [1.82, 2.24) is 9.97 Å². The summed E-state index contributed by atoms with van der Waals surface area (Å²) in [5.41, 5.74) is 3.03. The Balaban J connectivity index is 2.30. The molecule has 1 heterocycles. The Morgan fingerprint density at radius 3 is 3.00 bits per heavy atom. The van der Waals surface area contributed by atoms with Crippen LogP contribution in [0.3, 0.4) is 0 Å². The number of imidazole rings is 1. The number of nitrogens with one attached hydrogen (secondary N) is 1. The highest BCUT2D eigenvalue weighted by Gasteiger charge is 2.07. The fourth-order valence-corrected chi connectivity index (χ4v) is 1.73. The van der Waals surface area contributed by atoms with Gasteiger partial charge in [0.15, 0.2) is 0 Å². The monoisotopic (exact) mass is 230 g/mol. The molecule has 1 atom stereocenters. The van der Waals surface area contributed by atoms with Crippen LogP contribution in [0.25, 0.3) is 17.1 Å². The van der Waals surface area contributed by atoms with Crippen LogP contribution in [-0.4, -0.2) is 15.1 Å². The molecule has 0 fully saturated rings. The second kappa shape index (κ2) is 5.15. The lowest BCUT2D eigenvalue weighted by Crippen LogP contribution is -1.92. The quantitative estimate of drug-likeness (QED) is 0.845. The van der Waals surface area contributed by atoms with Gasteiger partial charge >= 0.3 is 0 Å². The van der Waals surface area contributed by atoms with E-state index in [1.54, 1.807) is 6.92 Å². The van der Waals surface area contributed by atoms with E-state index in [2.05, 4.69) is 35.1 Å². The van der Waals surface area contributed by atoms with E-state index >= 15 is 0 Å². The number of unbranched alkanes of at least 4 members (excludes halogenated alkanes) is 1. The zero-order valence-corrected chi connectivity index (χ0v) is 10.3. The third-order valence-electron chi connectivity index (χ3n) is 2.69. The number of allylic oxidation sites excluding steroid dienone is 1. The normalized spacial score (nSPS) is 13.6. The number of fused-ring (bicyclic) bond motifs is 1. The van der Waals surface area contributed by atoms with E-state index in [1.165, 1.54) is 0 Å². The van der Waals surface area contributed by atoms with Gasteiger partial charge in [-0.1, -0.05) is 31.6 Å². The molecular weight excluding hydrogens is 212 g/mol. The lowest BCUT2D eigenvalue weighted by Gasteiger charge is -1.95. The lowest BCUT2D eigenvalue weighted by molar-refractivity contribution is 0.190. The second-order valence-corrected chi connectivity index (χ2v) is 4.27. The van der Waals surface area contributed by atoms with Crippen molar-refractivity contribution in [3.8, 4) is 0 Å². The van der Waals surface area contributed by atoms with Gasteiger partial charge in [-0.05, 0) is 31.0 Å². The molecule has 0 unspecified atom stereocenters. The largest absolute Gasteiger partial charge is 0.385 e. The third-order valence-corrected chi connectivity index (χ3v) is 2.69. The molecule has 1 aromatic carbocycles. The maximum absolute atomic E-state index is 9.46. The highest BCUT2D eigenvalue weighted by Crippen LogP contribution is 2.18. The van der Waals surface area contributed by atoms with Gasteiger partial charge in [0.25, 0.3) is 0 Å². The summed E-state index contributed by atoms with van der Waals surface area (Å²) in [5.74, 6) is 0.620. The number of aromatic amines is 1. The zero-order chi connectivity index (χ0) is 12.3. The SMILES string of the molecule is CCC/C=C/c1ccc2nc([C@@H](C)O)[nH]c2c1. The van der Waals surface area contributed by atoms with Crippen LogP contribution >= 0.6 is 0 Å². The Bertz CT molecular complexity index is 526. The molecule has 2 aromatic rings. The molecule has 0 amide bonds. The van der Waals surface area contributed by atoms with Crippen molar-refractivity contribution < 1.29 is 5.11 Å². The number of benzene rings is 1. The van der Waals surface area contributed by atoms with Gasteiger partial charge in [0.1, 0.15) is 11.9 Å². The fraction of sp³-hybridized carbons (Fsp3) is 0.357. The first-order valence-electron chi connectivity index (χ1n) is 6.05. The van der Waals surface area contributed by atoms with Crippen LogP contribution in [0.4, 0.5) is 0 Å². The minimum Gasteiger partial charge on any atom is -0.385 e. The van der Waals surface area contributed by atoms with Gasteiger partial charge in [0.2, 0.25) is 0 Å². The number of aliphatic hydroxyl groups excluding tert-OH is 1. The molecular formula is C14H18N2O. The van der Waals surface area contributed by atoms with Crippen LogP contribution in [0, 0.1) is 0 Å². The van der Waals surface area contributed by atoms with Gasteiger partial charge in [0.05, 0.1) is 11.0 Å². The Kier molecular flexibility index (Phi) is 3.59. The Morgan fingerprint density at radius 2 is 2.29 bits per heavy atom. The highest BCUT2D eigenvalue weighted by molar-refractivity contribution is 5.78. The van der Waals surface area contributed by atoms with E-state index in [9.17, 15) is 5.11 Å². The average molecular weight is 230 g/mol. The fourth-order valence-electron chi connectivity index (χ4n) is 1.73. The summed E-state index contributed by atoms with van der Waals surface area (Å²) in [7, 11) is 0. The first kappa shape index (κ1) is 11.9. The highest BCUT2D eigenvalue weighted by atomic mass is 16.3. The first-order valence-corrected chi connectivity index (χ1v) is 6.05. The number of aliphatic hydroxyl groups is 1. The van der Waals surface area contributed by atoms with Crippen LogP contribution in [0.15, 0.2) is 24.3 Å². The number of aromatic nitrogens is 2. The van der Waals surface area contributed by atoms with Crippen LogP contribution in [0.2, 0.25) is 0 Å². The summed E-state index contributed by atoms with van der Waals surface area (Å²) in [5, 5.41) is 9.46. The molecule has 17 heavy (non-hydrogen) atoms.